The Morgan fingerprint density at radius 2 is 1.94 bits per heavy atom. The largest absolute Gasteiger partial charge is 0.486 e. The summed E-state index contributed by atoms with van der Waals surface area (Å²) in [6.07, 6.45) is -3.59. The molecule has 9 heteroatoms. The highest BCUT2D eigenvalue weighted by Crippen LogP contribution is 2.31. The maximum absolute atomic E-state index is 12.8. The van der Waals surface area contributed by atoms with Crippen molar-refractivity contribution in [2.75, 3.05) is 5.32 Å². The van der Waals surface area contributed by atoms with Crippen molar-refractivity contribution >= 4 is 22.9 Å². The Morgan fingerprint density at radius 1 is 1.12 bits per heavy atom. The van der Waals surface area contributed by atoms with Crippen molar-refractivity contribution in [1.82, 2.24) is 9.55 Å². The van der Waals surface area contributed by atoms with E-state index in [1.807, 2.05) is 35.8 Å². The lowest BCUT2D eigenvalue weighted by Gasteiger charge is -2.09. The van der Waals surface area contributed by atoms with Gasteiger partial charge in [-0.2, -0.15) is 13.2 Å². The van der Waals surface area contributed by atoms with Crippen LogP contribution >= 0.6 is 0 Å². The molecule has 0 radical (unpaired) electrons. The van der Waals surface area contributed by atoms with Gasteiger partial charge in [-0.25, -0.2) is 4.98 Å². The predicted octanol–water partition coefficient (Wildman–Crippen LogP) is 5.89. The molecular formula is C23H20F3N3O3. The average Bonchev–Trinajstić information content (AvgIpc) is 3.37. The number of ether oxygens (including phenoxy) is 1. The van der Waals surface area contributed by atoms with Gasteiger partial charge in [0, 0.05) is 6.54 Å². The summed E-state index contributed by atoms with van der Waals surface area (Å²) in [5.74, 6) is 0.326. The van der Waals surface area contributed by atoms with Gasteiger partial charge in [-0.15, -0.1) is 0 Å². The number of nitrogens with zero attached hydrogens (tertiary/aromatic N) is 2. The summed E-state index contributed by atoms with van der Waals surface area (Å²) in [5.41, 5.74) is 0.884. The molecule has 1 amide bonds. The SMILES string of the molecule is CCCn1c(NC(=O)c2ccc(COc3cccc(C(F)(F)F)c3)o2)nc2ccccc21. The monoisotopic (exact) mass is 443 g/mol. The van der Waals surface area contributed by atoms with Crippen molar-refractivity contribution in [1.29, 1.82) is 0 Å². The molecule has 0 aliphatic carbocycles. The number of imidazole rings is 1. The van der Waals surface area contributed by atoms with Crippen LogP contribution in [-0.2, 0) is 19.3 Å². The van der Waals surface area contributed by atoms with Crippen LogP contribution in [-0.4, -0.2) is 15.5 Å². The lowest BCUT2D eigenvalue weighted by atomic mass is 10.2. The minimum Gasteiger partial charge on any atom is -0.486 e. The number of aromatic nitrogens is 2. The van der Waals surface area contributed by atoms with Crippen LogP contribution in [0.4, 0.5) is 19.1 Å². The Bertz CT molecular complexity index is 1240. The summed E-state index contributed by atoms with van der Waals surface area (Å²) in [6.45, 7) is 2.59. The molecular weight excluding hydrogens is 423 g/mol. The molecule has 2 heterocycles. The Labute approximate surface area is 181 Å². The number of carbonyl (C=O) groups excluding carboxylic acids is 1. The van der Waals surface area contributed by atoms with Gasteiger partial charge in [0.25, 0.3) is 5.91 Å². The number of nitrogens with one attached hydrogen (secondary N) is 1. The second kappa shape index (κ2) is 8.78. The zero-order valence-electron chi connectivity index (χ0n) is 17.1. The molecule has 0 unspecified atom stereocenters. The summed E-state index contributed by atoms with van der Waals surface area (Å²) >= 11 is 0. The Kier molecular flexibility index (Phi) is 5.89. The number of furan rings is 1. The summed E-state index contributed by atoms with van der Waals surface area (Å²) in [7, 11) is 0. The van der Waals surface area contributed by atoms with Gasteiger partial charge in [-0.05, 0) is 48.9 Å². The summed E-state index contributed by atoms with van der Waals surface area (Å²) < 4.78 is 51.3. The van der Waals surface area contributed by atoms with Crippen LogP contribution in [0.25, 0.3) is 11.0 Å². The van der Waals surface area contributed by atoms with E-state index in [0.29, 0.717) is 18.3 Å². The van der Waals surface area contributed by atoms with Gasteiger partial charge in [0.2, 0.25) is 5.95 Å². The molecule has 32 heavy (non-hydrogen) atoms. The van der Waals surface area contributed by atoms with Crippen LogP contribution in [0.3, 0.4) is 0 Å². The van der Waals surface area contributed by atoms with Crippen LogP contribution in [0.2, 0.25) is 0 Å². The lowest BCUT2D eigenvalue weighted by Crippen LogP contribution is -2.15. The number of carbonyl (C=O) groups is 1. The minimum absolute atomic E-state index is 0.0442. The molecule has 2 aromatic heterocycles. The molecule has 0 aliphatic heterocycles. The highest BCUT2D eigenvalue weighted by atomic mass is 19.4. The second-order valence-electron chi connectivity index (χ2n) is 7.11. The van der Waals surface area contributed by atoms with E-state index in [0.717, 1.165) is 29.6 Å². The Balaban J connectivity index is 1.45. The summed E-state index contributed by atoms with van der Waals surface area (Å²) in [6, 6.07) is 15.2. The molecule has 2 aromatic carbocycles. The smallest absolute Gasteiger partial charge is 0.416 e. The fourth-order valence-corrected chi connectivity index (χ4v) is 3.28. The van der Waals surface area contributed by atoms with Gasteiger partial charge >= 0.3 is 6.18 Å². The Hall–Kier alpha value is -3.75. The zero-order valence-corrected chi connectivity index (χ0v) is 17.1. The first-order valence-corrected chi connectivity index (χ1v) is 10.0. The van der Waals surface area contributed by atoms with Gasteiger partial charge in [0.1, 0.15) is 18.1 Å². The number of fused-ring (bicyclic) bond motifs is 1. The maximum atomic E-state index is 12.8. The van der Waals surface area contributed by atoms with E-state index >= 15 is 0 Å². The minimum atomic E-state index is -4.45. The zero-order chi connectivity index (χ0) is 22.7. The van der Waals surface area contributed by atoms with Crippen molar-refractivity contribution in [2.45, 2.75) is 32.7 Å². The van der Waals surface area contributed by atoms with Crippen LogP contribution in [0, 0.1) is 0 Å². The van der Waals surface area contributed by atoms with E-state index < -0.39 is 17.6 Å². The predicted molar refractivity (Wildman–Crippen MR) is 112 cm³/mol. The molecule has 0 fully saturated rings. The second-order valence-corrected chi connectivity index (χ2v) is 7.11. The van der Waals surface area contributed by atoms with E-state index in [9.17, 15) is 18.0 Å². The first-order chi connectivity index (χ1) is 15.3. The van der Waals surface area contributed by atoms with E-state index in [-0.39, 0.29) is 18.1 Å². The molecule has 4 rings (SSSR count). The van der Waals surface area contributed by atoms with E-state index in [4.69, 9.17) is 9.15 Å². The third-order valence-corrected chi connectivity index (χ3v) is 4.75. The highest BCUT2D eigenvalue weighted by molar-refractivity contribution is 6.02. The molecule has 0 bridgehead atoms. The highest BCUT2D eigenvalue weighted by Gasteiger charge is 2.30. The van der Waals surface area contributed by atoms with Crippen molar-refractivity contribution in [3.05, 3.63) is 77.7 Å². The van der Waals surface area contributed by atoms with Crippen LogP contribution in [0.15, 0.2) is 65.1 Å². The third kappa shape index (κ3) is 4.61. The number of benzene rings is 2. The number of rotatable bonds is 7. The first-order valence-electron chi connectivity index (χ1n) is 10.0. The number of anilines is 1. The van der Waals surface area contributed by atoms with Gasteiger partial charge in [-0.1, -0.05) is 25.1 Å². The van der Waals surface area contributed by atoms with Crippen LogP contribution in [0.1, 0.15) is 35.2 Å². The lowest BCUT2D eigenvalue weighted by molar-refractivity contribution is -0.137. The van der Waals surface area contributed by atoms with E-state index in [1.54, 1.807) is 0 Å². The normalized spacial score (nSPS) is 11.6. The van der Waals surface area contributed by atoms with Gasteiger partial charge < -0.3 is 13.7 Å². The molecule has 0 aliphatic rings. The summed E-state index contributed by atoms with van der Waals surface area (Å²) in [5, 5.41) is 2.77. The average molecular weight is 443 g/mol. The molecule has 6 nitrogen and oxygen atoms in total. The van der Waals surface area contributed by atoms with Crippen molar-refractivity contribution < 1.29 is 27.1 Å². The van der Waals surface area contributed by atoms with Crippen molar-refractivity contribution in [3.8, 4) is 5.75 Å². The fraction of sp³-hybridized carbons (Fsp3) is 0.217. The van der Waals surface area contributed by atoms with Gasteiger partial charge in [-0.3, -0.25) is 10.1 Å². The topological polar surface area (TPSA) is 69.3 Å². The summed E-state index contributed by atoms with van der Waals surface area (Å²) in [4.78, 5) is 17.1. The van der Waals surface area contributed by atoms with Gasteiger partial charge in [0.15, 0.2) is 5.76 Å². The number of hydrogen-bond acceptors (Lipinski definition) is 4. The molecule has 0 atom stereocenters. The molecule has 0 spiro atoms. The standard InChI is InChI=1S/C23H20F3N3O3/c1-2-12-29-19-9-4-3-8-18(19)27-22(29)28-21(30)20-11-10-17(32-20)14-31-16-7-5-6-15(13-16)23(24,25)26/h3-11,13H,2,12,14H2,1H3,(H,27,28,30). The van der Waals surface area contributed by atoms with Gasteiger partial charge in [0.05, 0.1) is 16.6 Å². The number of amides is 1. The molecule has 166 valence electrons. The third-order valence-electron chi connectivity index (χ3n) is 4.75. The fourth-order valence-electron chi connectivity index (χ4n) is 3.28. The number of hydrogen-bond donors (Lipinski definition) is 1. The van der Waals surface area contributed by atoms with E-state index in [1.165, 1.54) is 24.3 Å². The number of alkyl halides is 3. The van der Waals surface area contributed by atoms with Crippen molar-refractivity contribution in [3.63, 3.8) is 0 Å². The van der Waals surface area contributed by atoms with Crippen LogP contribution < -0.4 is 10.1 Å². The van der Waals surface area contributed by atoms with E-state index in [2.05, 4.69) is 10.3 Å². The molecule has 1 N–H and O–H groups in total. The molecule has 4 aromatic rings. The maximum Gasteiger partial charge on any atom is 0.416 e. The van der Waals surface area contributed by atoms with Crippen LogP contribution in [0.5, 0.6) is 5.75 Å². The first kappa shape index (κ1) is 21.5. The quantitative estimate of drug-likeness (QED) is 0.387. The number of para-hydroxylation sites is 2. The number of halogens is 3. The number of aryl methyl sites for hydroxylation is 1. The molecule has 0 saturated heterocycles. The molecule has 0 saturated carbocycles. The Morgan fingerprint density at radius 3 is 2.72 bits per heavy atom. The van der Waals surface area contributed by atoms with Crippen molar-refractivity contribution in [2.24, 2.45) is 0 Å².